The van der Waals surface area contributed by atoms with Crippen molar-refractivity contribution in [3.8, 4) is 0 Å². The van der Waals surface area contributed by atoms with Crippen LogP contribution < -0.4 is 11.5 Å². The molecule has 0 aliphatic carbocycles. The van der Waals surface area contributed by atoms with Crippen molar-refractivity contribution in [2.75, 3.05) is 20.1 Å². The van der Waals surface area contributed by atoms with Gasteiger partial charge in [0.15, 0.2) is 0 Å². The number of likely N-dealkylation sites (tertiary alicyclic amines) is 1. The number of hydrogen-bond acceptors (Lipinski definition) is 3. The highest BCUT2D eigenvalue weighted by atomic mass is 35.5. The minimum atomic E-state index is -0.511. The van der Waals surface area contributed by atoms with Crippen LogP contribution in [0.15, 0.2) is 0 Å². The normalized spacial score (nSPS) is 19.6. The Hall–Kier alpha value is -1.01. The van der Waals surface area contributed by atoms with Crippen molar-refractivity contribution in [2.45, 2.75) is 45.2 Å². The summed E-state index contributed by atoms with van der Waals surface area (Å²) in [6.07, 6.45) is 2.30. The van der Waals surface area contributed by atoms with Gasteiger partial charge in [0.25, 0.3) is 0 Å². The van der Waals surface area contributed by atoms with Gasteiger partial charge in [0.05, 0.1) is 0 Å². The van der Waals surface area contributed by atoms with Crippen molar-refractivity contribution in [1.29, 1.82) is 0 Å². The van der Waals surface area contributed by atoms with Crippen LogP contribution in [0, 0.1) is 5.92 Å². The van der Waals surface area contributed by atoms with E-state index < -0.39 is 12.1 Å². The second-order valence-corrected chi connectivity index (χ2v) is 5.65. The molecule has 0 spiro atoms. The molecule has 7 heteroatoms. The number of likely N-dealkylation sites (N-methyl/N-ethyl adjacent to an activating group) is 1. The molecule has 1 fully saturated rings. The molecule has 0 bridgehead atoms. The van der Waals surface area contributed by atoms with Crippen LogP contribution in [-0.4, -0.2) is 54.0 Å². The van der Waals surface area contributed by atoms with Crippen LogP contribution in [0.2, 0.25) is 0 Å². The van der Waals surface area contributed by atoms with E-state index in [-0.39, 0.29) is 24.4 Å². The summed E-state index contributed by atoms with van der Waals surface area (Å²) in [6.45, 7) is 5.32. The van der Waals surface area contributed by atoms with Crippen LogP contribution in [0.25, 0.3) is 0 Å². The number of nitrogens with two attached hydrogens (primary N) is 2. The molecule has 3 amide bonds. The molecule has 0 aromatic rings. The first-order chi connectivity index (χ1) is 8.84. The zero-order valence-corrected chi connectivity index (χ0v) is 13.4. The van der Waals surface area contributed by atoms with E-state index in [1.807, 2.05) is 0 Å². The number of rotatable bonds is 5. The van der Waals surface area contributed by atoms with Gasteiger partial charge in [0.2, 0.25) is 5.91 Å². The fourth-order valence-corrected chi connectivity index (χ4v) is 2.33. The van der Waals surface area contributed by atoms with E-state index >= 15 is 0 Å². The zero-order chi connectivity index (χ0) is 14.6. The lowest BCUT2D eigenvalue weighted by Crippen LogP contribution is -2.49. The number of halogens is 1. The molecule has 4 N–H and O–H groups in total. The smallest absolute Gasteiger partial charge is 0.315 e. The summed E-state index contributed by atoms with van der Waals surface area (Å²) < 4.78 is 0. The topological polar surface area (TPSA) is 92.7 Å². The van der Waals surface area contributed by atoms with Crippen LogP contribution in [0.4, 0.5) is 4.79 Å². The van der Waals surface area contributed by atoms with E-state index in [0.29, 0.717) is 25.4 Å². The summed E-state index contributed by atoms with van der Waals surface area (Å²) in [4.78, 5) is 26.7. The molecule has 0 saturated carbocycles. The quantitative estimate of drug-likeness (QED) is 0.786. The second-order valence-electron chi connectivity index (χ2n) is 5.65. The summed E-state index contributed by atoms with van der Waals surface area (Å²) in [6, 6.07) is -0.813. The molecular weight excluding hydrogens is 280 g/mol. The Morgan fingerprint density at radius 1 is 1.40 bits per heavy atom. The average molecular weight is 307 g/mol. The van der Waals surface area contributed by atoms with Crippen molar-refractivity contribution < 1.29 is 9.59 Å². The Labute approximate surface area is 127 Å². The number of primary amides is 1. The maximum absolute atomic E-state index is 12.3. The minimum absolute atomic E-state index is 0. The van der Waals surface area contributed by atoms with Crippen LogP contribution in [0.1, 0.15) is 33.1 Å². The van der Waals surface area contributed by atoms with Crippen LogP contribution in [0.5, 0.6) is 0 Å². The third-order valence-electron chi connectivity index (χ3n) is 3.85. The first-order valence-corrected chi connectivity index (χ1v) is 6.91. The molecule has 1 aliphatic rings. The maximum Gasteiger partial charge on any atom is 0.315 e. The lowest BCUT2D eigenvalue weighted by molar-refractivity contribution is -0.133. The SMILES string of the molecule is CC(C)C(N)CCN(C)C(=O)[C@@H]1CCCN1C(N)=O.Cl. The lowest BCUT2D eigenvalue weighted by Gasteiger charge is -2.28. The first-order valence-electron chi connectivity index (χ1n) is 6.91. The van der Waals surface area contributed by atoms with Gasteiger partial charge in [0.1, 0.15) is 6.04 Å². The third-order valence-corrected chi connectivity index (χ3v) is 3.85. The largest absolute Gasteiger partial charge is 0.351 e. The van der Waals surface area contributed by atoms with Crippen molar-refractivity contribution >= 4 is 24.3 Å². The van der Waals surface area contributed by atoms with Gasteiger partial charge >= 0.3 is 6.03 Å². The Balaban J connectivity index is 0.00000361. The fourth-order valence-electron chi connectivity index (χ4n) is 2.33. The number of nitrogens with zero attached hydrogens (tertiary/aromatic N) is 2. The first kappa shape index (κ1) is 19.0. The van der Waals surface area contributed by atoms with E-state index in [2.05, 4.69) is 13.8 Å². The predicted molar refractivity (Wildman–Crippen MR) is 81.6 cm³/mol. The molecule has 20 heavy (non-hydrogen) atoms. The molecular formula is C13H27ClN4O2. The molecule has 1 saturated heterocycles. The molecule has 2 atom stereocenters. The highest BCUT2D eigenvalue weighted by molar-refractivity contribution is 5.87. The maximum atomic E-state index is 12.3. The van der Waals surface area contributed by atoms with Crippen molar-refractivity contribution in [1.82, 2.24) is 9.80 Å². The monoisotopic (exact) mass is 306 g/mol. The number of carbonyl (C=O) groups is 2. The third kappa shape index (κ3) is 4.83. The van der Waals surface area contributed by atoms with Gasteiger partial charge < -0.3 is 21.3 Å². The highest BCUT2D eigenvalue weighted by Crippen LogP contribution is 2.18. The number of carbonyl (C=O) groups excluding carboxylic acids is 2. The summed E-state index contributed by atoms with van der Waals surface area (Å²) in [7, 11) is 1.76. The number of amides is 3. The van der Waals surface area contributed by atoms with Gasteiger partial charge in [0, 0.05) is 26.2 Å². The minimum Gasteiger partial charge on any atom is -0.351 e. The summed E-state index contributed by atoms with van der Waals surface area (Å²) in [5.74, 6) is 0.365. The predicted octanol–water partition coefficient (Wildman–Crippen LogP) is 0.783. The van der Waals surface area contributed by atoms with Crippen molar-refractivity contribution in [2.24, 2.45) is 17.4 Å². The molecule has 0 aromatic heterocycles. The Morgan fingerprint density at radius 2 is 2.00 bits per heavy atom. The van der Waals surface area contributed by atoms with E-state index in [9.17, 15) is 9.59 Å². The van der Waals surface area contributed by atoms with Crippen LogP contribution in [0.3, 0.4) is 0 Å². The molecule has 1 heterocycles. The summed E-state index contributed by atoms with van der Waals surface area (Å²) >= 11 is 0. The molecule has 0 radical (unpaired) electrons. The lowest BCUT2D eigenvalue weighted by atomic mass is 10.0. The second kappa shape index (κ2) is 8.32. The molecule has 0 aromatic carbocycles. The van der Waals surface area contributed by atoms with Crippen molar-refractivity contribution in [3.63, 3.8) is 0 Å². The summed E-state index contributed by atoms with van der Waals surface area (Å²) in [5.41, 5.74) is 11.3. The van der Waals surface area contributed by atoms with Gasteiger partial charge in [-0.2, -0.15) is 0 Å². The van der Waals surface area contributed by atoms with E-state index in [4.69, 9.17) is 11.5 Å². The summed E-state index contributed by atoms with van der Waals surface area (Å²) in [5, 5.41) is 0. The molecule has 1 rings (SSSR count). The van der Waals surface area contributed by atoms with Crippen LogP contribution >= 0.6 is 12.4 Å². The number of hydrogen-bond donors (Lipinski definition) is 2. The molecule has 118 valence electrons. The Bertz CT molecular complexity index is 338. The van der Waals surface area contributed by atoms with Gasteiger partial charge in [-0.3, -0.25) is 4.79 Å². The Morgan fingerprint density at radius 3 is 2.50 bits per heavy atom. The van der Waals surface area contributed by atoms with E-state index in [0.717, 1.165) is 12.8 Å². The van der Waals surface area contributed by atoms with Gasteiger partial charge in [-0.05, 0) is 25.2 Å². The molecule has 1 aliphatic heterocycles. The number of urea groups is 1. The van der Waals surface area contributed by atoms with Gasteiger partial charge in [-0.25, -0.2) is 4.79 Å². The standard InChI is InChI=1S/C13H26N4O2.ClH/c1-9(2)10(14)6-8-16(3)12(18)11-5-4-7-17(11)13(15)19;/h9-11H,4-8,14H2,1-3H3,(H2,15,19);1H/t10?,11-;/m0./s1. The molecule has 1 unspecified atom stereocenters. The van der Waals surface area contributed by atoms with Gasteiger partial charge in [-0.15, -0.1) is 12.4 Å². The van der Waals surface area contributed by atoms with Crippen LogP contribution in [-0.2, 0) is 4.79 Å². The van der Waals surface area contributed by atoms with Crippen molar-refractivity contribution in [3.05, 3.63) is 0 Å². The molecule has 6 nitrogen and oxygen atoms in total. The van der Waals surface area contributed by atoms with E-state index in [1.165, 1.54) is 4.90 Å². The zero-order valence-electron chi connectivity index (χ0n) is 12.5. The van der Waals surface area contributed by atoms with E-state index in [1.54, 1.807) is 11.9 Å². The Kier molecular flexibility index (Phi) is 7.90. The fraction of sp³-hybridized carbons (Fsp3) is 0.846. The average Bonchev–Trinajstić information content (AvgIpc) is 2.83. The highest BCUT2D eigenvalue weighted by Gasteiger charge is 2.34. The van der Waals surface area contributed by atoms with Gasteiger partial charge in [-0.1, -0.05) is 13.8 Å².